The van der Waals surface area contributed by atoms with Gasteiger partial charge in [-0.3, -0.25) is 4.79 Å². The minimum atomic E-state index is 0.253. The Balaban J connectivity index is 1.85. The van der Waals surface area contributed by atoms with E-state index in [-0.39, 0.29) is 11.9 Å². The summed E-state index contributed by atoms with van der Waals surface area (Å²) in [6.07, 6.45) is 3.68. The summed E-state index contributed by atoms with van der Waals surface area (Å²) in [6.45, 7) is 0. The van der Waals surface area contributed by atoms with Crippen molar-refractivity contribution in [1.29, 1.82) is 0 Å². The highest BCUT2D eigenvalue weighted by Gasteiger charge is 2.29. The molecule has 0 spiro atoms. The molecule has 1 unspecified atom stereocenters. The number of rotatable bonds is 3. The first-order valence-corrected chi connectivity index (χ1v) is 7.25. The van der Waals surface area contributed by atoms with E-state index in [2.05, 4.69) is 24.3 Å². The molecular formula is C18H19NO. The SMILES string of the molecule is O=C1CCCC(Cc2ccccc2)N1c1ccccc1. The fourth-order valence-corrected chi connectivity index (χ4v) is 2.97. The van der Waals surface area contributed by atoms with Crippen LogP contribution in [0.15, 0.2) is 60.7 Å². The van der Waals surface area contributed by atoms with Crippen LogP contribution in [0.25, 0.3) is 0 Å². The molecular weight excluding hydrogens is 246 g/mol. The summed E-state index contributed by atoms with van der Waals surface area (Å²) in [6, 6.07) is 20.8. The van der Waals surface area contributed by atoms with Gasteiger partial charge in [0.15, 0.2) is 0 Å². The number of piperidine rings is 1. The second-order valence-electron chi connectivity index (χ2n) is 5.34. The molecule has 0 aromatic heterocycles. The maximum absolute atomic E-state index is 12.3. The van der Waals surface area contributed by atoms with Gasteiger partial charge in [0.1, 0.15) is 0 Å². The van der Waals surface area contributed by atoms with E-state index in [1.807, 2.05) is 41.3 Å². The van der Waals surface area contributed by atoms with E-state index in [1.165, 1.54) is 5.56 Å². The number of nitrogens with zero attached hydrogens (tertiary/aromatic N) is 1. The number of carbonyl (C=O) groups excluding carboxylic acids is 1. The lowest BCUT2D eigenvalue weighted by molar-refractivity contribution is -0.120. The smallest absolute Gasteiger partial charge is 0.227 e. The predicted molar refractivity (Wildman–Crippen MR) is 81.7 cm³/mol. The largest absolute Gasteiger partial charge is 0.309 e. The second kappa shape index (κ2) is 5.91. The zero-order valence-electron chi connectivity index (χ0n) is 11.5. The van der Waals surface area contributed by atoms with Crippen molar-refractivity contribution in [2.45, 2.75) is 31.7 Å². The maximum Gasteiger partial charge on any atom is 0.227 e. The molecule has 1 saturated heterocycles. The third-order valence-electron chi connectivity index (χ3n) is 3.91. The Morgan fingerprint density at radius 3 is 2.30 bits per heavy atom. The first-order valence-electron chi connectivity index (χ1n) is 7.25. The van der Waals surface area contributed by atoms with Crippen LogP contribution in [0, 0.1) is 0 Å². The number of para-hydroxylation sites is 1. The number of amides is 1. The molecule has 0 N–H and O–H groups in total. The highest BCUT2D eigenvalue weighted by molar-refractivity contribution is 5.94. The van der Waals surface area contributed by atoms with Crippen molar-refractivity contribution in [1.82, 2.24) is 0 Å². The lowest BCUT2D eigenvalue weighted by atomic mass is 9.94. The molecule has 0 bridgehead atoms. The molecule has 102 valence electrons. The Morgan fingerprint density at radius 1 is 0.950 bits per heavy atom. The van der Waals surface area contributed by atoms with Crippen LogP contribution in [-0.2, 0) is 11.2 Å². The minimum absolute atomic E-state index is 0.253. The Hall–Kier alpha value is -2.09. The van der Waals surface area contributed by atoms with Crippen LogP contribution in [-0.4, -0.2) is 11.9 Å². The Kier molecular flexibility index (Phi) is 3.82. The molecule has 0 saturated carbocycles. The van der Waals surface area contributed by atoms with Gasteiger partial charge < -0.3 is 4.90 Å². The zero-order valence-corrected chi connectivity index (χ0v) is 11.5. The van der Waals surface area contributed by atoms with Gasteiger partial charge in [-0.1, -0.05) is 48.5 Å². The van der Waals surface area contributed by atoms with E-state index >= 15 is 0 Å². The second-order valence-corrected chi connectivity index (χ2v) is 5.34. The molecule has 20 heavy (non-hydrogen) atoms. The Labute approximate surface area is 120 Å². The fourth-order valence-electron chi connectivity index (χ4n) is 2.97. The maximum atomic E-state index is 12.3. The van der Waals surface area contributed by atoms with Crippen molar-refractivity contribution in [3.8, 4) is 0 Å². The normalized spacial score (nSPS) is 19.1. The molecule has 2 nitrogen and oxygen atoms in total. The van der Waals surface area contributed by atoms with Gasteiger partial charge in [0.2, 0.25) is 5.91 Å². The van der Waals surface area contributed by atoms with Crippen LogP contribution in [0.3, 0.4) is 0 Å². The molecule has 1 amide bonds. The number of hydrogen-bond donors (Lipinski definition) is 0. The van der Waals surface area contributed by atoms with Crippen molar-refractivity contribution >= 4 is 11.6 Å². The molecule has 1 fully saturated rings. The highest BCUT2D eigenvalue weighted by Crippen LogP contribution is 2.27. The third kappa shape index (κ3) is 2.74. The first-order chi connectivity index (χ1) is 9.84. The molecule has 1 aliphatic rings. The van der Waals surface area contributed by atoms with Crippen LogP contribution >= 0.6 is 0 Å². The van der Waals surface area contributed by atoms with Gasteiger partial charge in [-0.25, -0.2) is 0 Å². The van der Waals surface area contributed by atoms with E-state index in [9.17, 15) is 4.79 Å². The van der Waals surface area contributed by atoms with Crippen molar-refractivity contribution in [2.75, 3.05) is 4.90 Å². The van der Waals surface area contributed by atoms with Crippen molar-refractivity contribution in [2.24, 2.45) is 0 Å². The third-order valence-corrected chi connectivity index (χ3v) is 3.91. The lowest BCUT2D eigenvalue weighted by Gasteiger charge is -2.36. The van der Waals surface area contributed by atoms with Gasteiger partial charge in [0, 0.05) is 18.2 Å². The van der Waals surface area contributed by atoms with E-state index in [0.29, 0.717) is 6.42 Å². The van der Waals surface area contributed by atoms with Crippen LogP contribution in [0.2, 0.25) is 0 Å². The fraction of sp³-hybridized carbons (Fsp3) is 0.278. The van der Waals surface area contributed by atoms with Crippen LogP contribution in [0.1, 0.15) is 24.8 Å². The molecule has 3 rings (SSSR count). The Morgan fingerprint density at radius 2 is 1.60 bits per heavy atom. The van der Waals surface area contributed by atoms with Crippen molar-refractivity contribution < 1.29 is 4.79 Å². The molecule has 2 aromatic carbocycles. The van der Waals surface area contributed by atoms with Gasteiger partial charge in [-0.2, -0.15) is 0 Å². The topological polar surface area (TPSA) is 20.3 Å². The number of carbonyl (C=O) groups is 1. The zero-order chi connectivity index (χ0) is 13.8. The van der Waals surface area contributed by atoms with E-state index in [1.54, 1.807) is 0 Å². The minimum Gasteiger partial charge on any atom is -0.309 e. The van der Waals surface area contributed by atoms with Crippen LogP contribution < -0.4 is 4.90 Å². The van der Waals surface area contributed by atoms with E-state index in [4.69, 9.17) is 0 Å². The van der Waals surface area contributed by atoms with Crippen LogP contribution in [0.5, 0.6) is 0 Å². The standard InChI is InChI=1S/C18H19NO/c20-18-13-7-12-17(14-15-8-3-1-4-9-15)19(18)16-10-5-2-6-11-16/h1-6,8-11,17H,7,12-14H2. The first kappa shape index (κ1) is 12.9. The summed E-state index contributed by atoms with van der Waals surface area (Å²) in [4.78, 5) is 14.3. The molecule has 0 aliphatic carbocycles. The molecule has 1 atom stereocenters. The summed E-state index contributed by atoms with van der Waals surface area (Å²) in [5.41, 5.74) is 2.33. The summed E-state index contributed by atoms with van der Waals surface area (Å²) in [5, 5.41) is 0. The van der Waals surface area contributed by atoms with Gasteiger partial charge >= 0.3 is 0 Å². The summed E-state index contributed by atoms with van der Waals surface area (Å²) < 4.78 is 0. The van der Waals surface area contributed by atoms with E-state index < -0.39 is 0 Å². The van der Waals surface area contributed by atoms with Gasteiger partial charge in [-0.15, -0.1) is 0 Å². The van der Waals surface area contributed by atoms with Gasteiger partial charge in [-0.05, 0) is 37.0 Å². The number of benzene rings is 2. The molecule has 0 radical (unpaired) electrons. The number of hydrogen-bond acceptors (Lipinski definition) is 1. The molecule has 1 aliphatic heterocycles. The lowest BCUT2D eigenvalue weighted by Crippen LogP contribution is -2.45. The average molecular weight is 265 g/mol. The molecule has 1 heterocycles. The number of anilines is 1. The average Bonchev–Trinajstić information content (AvgIpc) is 2.49. The van der Waals surface area contributed by atoms with Crippen molar-refractivity contribution in [3.63, 3.8) is 0 Å². The van der Waals surface area contributed by atoms with Gasteiger partial charge in [0.05, 0.1) is 0 Å². The molecule has 2 heteroatoms. The quantitative estimate of drug-likeness (QED) is 0.826. The predicted octanol–water partition coefficient (Wildman–Crippen LogP) is 3.81. The van der Waals surface area contributed by atoms with Gasteiger partial charge in [0.25, 0.3) is 0 Å². The Bertz CT molecular complexity index is 564. The summed E-state index contributed by atoms with van der Waals surface area (Å²) >= 11 is 0. The van der Waals surface area contributed by atoms with Crippen LogP contribution in [0.4, 0.5) is 5.69 Å². The monoisotopic (exact) mass is 265 g/mol. The van der Waals surface area contributed by atoms with E-state index in [0.717, 1.165) is 24.9 Å². The summed E-state index contributed by atoms with van der Waals surface area (Å²) in [7, 11) is 0. The van der Waals surface area contributed by atoms with Crippen molar-refractivity contribution in [3.05, 3.63) is 66.2 Å². The molecule has 2 aromatic rings. The highest BCUT2D eigenvalue weighted by atomic mass is 16.2. The summed E-state index contributed by atoms with van der Waals surface area (Å²) in [5.74, 6) is 0.253.